The molecular formula is C6H10F3NS. The van der Waals surface area contributed by atoms with Crippen LogP contribution < -0.4 is 4.72 Å². The summed E-state index contributed by atoms with van der Waals surface area (Å²) < 4.78 is 38.9. The Balaban J connectivity index is 2.41. The molecule has 0 saturated heterocycles. The van der Waals surface area contributed by atoms with Crippen molar-refractivity contribution in [2.75, 3.05) is 6.54 Å². The molecule has 0 aliphatic heterocycles. The Hall–Kier alpha value is 0.100. The smallest absolute Gasteiger partial charge is 0.267 e. The van der Waals surface area contributed by atoms with Gasteiger partial charge in [0.25, 0.3) is 0 Å². The van der Waals surface area contributed by atoms with Gasteiger partial charge >= 0.3 is 6.18 Å². The van der Waals surface area contributed by atoms with Crippen molar-refractivity contribution in [2.24, 2.45) is 5.41 Å². The first kappa shape index (κ1) is 9.19. The Morgan fingerprint density at radius 3 is 2.18 bits per heavy atom. The molecule has 0 heterocycles. The molecule has 66 valence electrons. The minimum absolute atomic E-state index is 0.153. The second-order valence-electron chi connectivity index (χ2n) is 2.94. The van der Waals surface area contributed by atoms with E-state index >= 15 is 0 Å². The molecule has 0 amide bonds. The maximum Gasteiger partial charge on any atom is 0.394 e. The van der Waals surface area contributed by atoms with E-state index in [1.165, 1.54) is 0 Å². The fraction of sp³-hybridized carbons (Fsp3) is 1.00. The number of halogens is 3. The van der Waals surface area contributed by atoms with Crippen LogP contribution in [0, 0.1) is 5.41 Å². The topological polar surface area (TPSA) is 12.0 Å². The maximum atomic E-state index is 12.2. The average Bonchev–Trinajstić information content (AvgIpc) is 2.61. The highest BCUT2D eigenvalue weighted by atomic mass is 32.1. The van der Waals surface area contributed by atoms with Crippen LogP contribution in [0.1, 0.15) is 19.3 Å². The van der Waals surface area contributed by atoms with Crippen molar-refractivity contribution in [3.05, 3.63) is 0 Å². The summed E-state index contributed by atoms with van der Waals surface area (Å²) in [5.41, 5.74) is -1.37. The predicted molar refractivity (Wildman–Crippen MR) is 39.3 cm³/mol. The summed E-state index contributed by atoms with van der Waals surface area (Å²) in [7, 11) is 0. The van der Waals surface area contributed by atoms with Crippen LogP contribution in [0.2, 0.25) is 0 Å². The summed E-state index contributed by atoms with van der Waals surface area (Å²) >= 11 is 3.64. The summed E-state index contributed by atoms with van der Waals surface area (Å²) in [5, 5.41) is 0. The zero-order valence-electron chi connectivity index (χ0n) is 5.91. The van der Waals surface area contributed by atoms with Crippen LogP contribution in [-0.2, 0) is 0 Å². The first-order valence-corrected chi connectivity index (χ1v) is 3.90. The van der Waals surface area contributed by atoms with Crippen LogP contribution in [0.15, 0.2) is 0 Å². The quantitative estimate of drug-likeness (QED) is 0.642. The van der Waals surface area contributed by atoms with Gasteiger partial charge in [-0.3, -0.25) is 4.72 Å². The second kappa shape index (κ2) is 2.86. The molecule has 1 rings (SSSR count). The molecular weight excluding hydrogens is 175 g/mol. The van der Waals surface area contributed by atoms with Crippen molar-refractivity contribution in [3.63, 3.8) is 0 Å². The van der Waals surface area contributed by atoms with E-state index in [1.807, 2.05) is 0 Å². The van der Waals surface area contributed by atoms with Crippen molar-refractivity contribution < 1.29 is 13.2 Å². The van der Waals surface area contributed by atoms with Gasteiger partial charge in [-0.05, 0) is 19.3 Å². The first-order chi connectivity index (χ1) is 5.02. The van der Waals surface area contributed by atoms with E-state index in [1.54, 1.807) is 0 Å². The molecule has 1 aliphatic carbocycles. The van der Waals surface area contributed by atoms with Crippen molar-refractivity contribution in [1.29, 1.82) is 0 Å². The normalized spacial score (nSPS) is 21.8. The number of hydrogen-bond donors (Lipinski definition) is 2. The highest BCUT2D eigenvalue weighted by Gasteiger charge is 2.62. The van der Waals surface area contributed by atoms with Gasteiger partial charge in [-0.2, -0.15) is 13.2 Å². The van der Waals surface area contributed by atoms with Gasteiger partial charge in [-0.25, -0.2) is 0 Å². The average molecular weight is 185 g/mol. The number of nitrogens with one attached hydrogen (secondary N) is 1. The fourth-order valence-corrected chi connectivity index (χ4v) is 1.23. The second-order valence-corrected chi connectivity index (χ2v) is 3.25. The van der Waals surface area contributed by atoms with Gasteiger partial charge in [0.2, 0.25) is 0 Å². The van der Waals surface area contributed by atoms with Gasteiger partial charge in [0.1, 0.15) is 0 Å². The zero-order valence-corrected chi connectivity index (χ0v) is 6.80. The molecule has 1 N–H and O–H groups in total. The molecule has 0 aromatic carbocycles. The van der Waals surface area contributed by atoms with Crippen molar-refractivity contribution in [1.82, 2.24) is 4.72 Å². The van der Waals surface area contributed by atoms with Crippen LogP contribution in [0.4, 0.5) is 13.2 Å². The Labute approximate surface area is 68.9 Å². The number of thiol groups is 1. The lowest BCUT2D eigenvalue weighted by Crippen LogP contribution is -2.27. The summed E-state index contributed by atoms with van der Waals surface area (Å²) in [6.45, 7) is 0.322. The van der Waals surface area contributed by atoms with Gasteiger partial charge < -0.3 is 0 Å². The highest BCUT2D eigenvalue weighted by molar-refractivity contribution is 7.78. The monoisotopic (exact) mass is 185 g/mol. The molecule has 5 heteroatoms. The minimum Gasteiger partial charge on any atom is -0.267 e. The Bertz CT molecular complexity index is 141. The number of hydrogen-bond acceptors (Lipinski definition) is 2. The lowest BCUT2D eigenvalue weighted by atomic mass is 10.0. The highest BCUT2D eigenvalue weighted by Crippen LogP contribution is 2.59. The molecule has 0 unspecified atom stereocenters. The third kappa shape index (κ3) is 1.82. The summed E-state index contributed by atoms with van der Waals surface area (Å²) in [4.78, 5) is 0. The van der Waals surface area contributed by atoms with Crippen LogP contribution in [0.25, 0.3) is 0 Å². The van der Waals surface area contributed by atoms with Crippen molar-refractivity contribution >= 4 is 12.8 Å². The molecule has 1 nitrogen and oxygen atoms in total. The Morgan fingerprint density at radius 2 is 1.91 bits per heavy atom. The van der Waals surface area contributed by atoms with Crippen LogP contribution in [0.5, 0.6) is 0 Å². The fourth-order valence-electron chi connectivity index (χ4n) is 1.12. The third-order valence-electron chi connectivity index (χ3n) is 2.17. The van der Waals surface area contributed by atoms with E-state index in [0.29, 0.717) is 6.54 Å². The van der Waals surface area contributed by atoms with Gasteiger partial charge in [0.15, 0.2) is 0 Å². The summed E-state index contributed by atoms with van der Waals surface area (Å²) in [6.07, 6.45) is -3.30. The largest absolute Gasteiger partial charge is 0.394 e. The van der Waals surface area contributed by atoms with Gasteiger partial charge in [0.05, 0.1) is 5.41 Å². The summed E-state index contributed by atoms with van der Waals surface area (Å²) in [5.74, 6) is 0. The van der Waals surface area contributed by atoms with E-state index in [0.717, 1.165) is 0 Å². The van der Waals surface area contributed by atoms with Gasteiger partial charge in [0, 0.05) is 6.54 Å². The van der Waals surface area contributed by atoms with E-state index in [2.05, 4.69) is 17.5 Å². The molecule has 0 radical (unpaired) electrons. The molecule has 0 aromatic heterocycles. The molecule has 0 bridgehead atoms. The third-order valence-corrected chi connectivity index (χ3v) is 2.39. The van der Waals surface area contributed by atoms with Gasteiger partial charge in [-0.1, -0.05) is 12.8 Å². The van der Waals surface area contributed by atoms with E-state index in [9.17, 15) is 13.2 Å². The lowest BCUT2D eigenvalue weighted by Gasteiger charge is -2.18. The Kier molecular flexibility index (Phi) is 2.39. The number of rotatable bonds is 3. The minimum atomic E-state index is -4.02. The zero-order chi connectivity index (χ0) is 8.54. The van der Waals surface area contributed by atoms with E-state index in [4.69, 9.17) is 0 Å². The standard InChI is InChI=1S/C6H10F3NS/c7-6(8,9)5(1-2-5)3-4-10-11/h10-11H,1-4H2. The predicted octanol–water partition coefficient (Wildman–Crippen LogP) is 2.15. The Morgan fingerprint density at radius 1 is 1.36 bits per heavy atom. The molecule has 0 atom stereocenters. The molecule has 11 heavy (non-hydrogen) atoms. The molecule has 0 aromatic rings. The van der Waals surface area contributed by atoms with Crippen molar-refractivity contribution in [3.8, 4) is 0 Å². The molecule has 1 fully saturated rings. The van der Waals surface area contributed by atoms with Crippen LogP contribution in [-0.4, -0.2) is 12.7 Å². The molecule has 1 saturated carbocycles. The lowest BCUT2D eigenvalue weighted by molar-refractivity contribution is -0.188. The van der Waals surface area contributed by atoms with E-state index in [-0.39, 0.29) is 19.3 Å². The number of alkyl halides is 3. The van der Waals surface area contributed by atoms with Crippen molar-refractivity contribution in [2.45, 2.75) is 25.4 Å². The summed E-state index contributed by atoms with van der Waals surface area (Å²) in [6, 6.07) is 0. The van der Waals surface area contributed by atoms with Crippen LogP contribution >= 0.6 is 12.8 Å². The molecule has 0 spiro atoms. The first-order valence-electron chi connectivity index (χ1n) is 3.45. The molecule has 1 aliphatic rings. The van der Waals surface area contributed by atoms with Gasteiger partial charge in [-0.15, -0.1) is 0 Å². The SMILES string of the molecule is FC(F)(F)C1(CCNS)CC1. The van der Waals surface area contributed by atoms with E-state index < -0.39 is 11.6 Å². The van der Waals surface area contributed by atoms with Crippen LogP contribution in [0.3, 0.4) is 0 Å². The maximum absolute atomic E-state index is 12.2.